The van der Waals surface area contributed by atoms with Crippen LogP contribution in [-0.2, 0) is 14.3 Å². The van der Waals surface area contributed by atoms with Crippen molar-refractivity contribution >= 4 is 35.3 Å². The highest BCUT2D eigenvalue weighted by atomic mass is 35.5. The Morgan fingerprint density at radius 3 is 2.68 bits per heavy atom. The van der Waals surface area contributed by atoms with Gasteiger partial charge in [-0.05, 0) is 60.9 Å². The van der Waals surface area contributed by atoms with Crippen molar-refractivity contribution in [3.8, 4) is 11.1 Å². The molecule has 3 aromatic rings. The van der Waals surface area contributed by atoms with Crippen LogP contribution >= 0.6 is 11.6 Å². The molecule has 1 unspecified atom stereocenters. The Labute approximate surface area is 240 Å². The van der Waals surface area contributed by atoms with Crippen molar-refractivity contribution in [3.63, 3.8) is 0 Å². The minimum absolute atomic E-state index is 0.139. The monoisotopic (exact) mass is 583 g/mol. The van der Waals surface area contributed by atoms with Crippen molar-refractivity contribution in [2.45, 2.75) is 44.8 Å². The molecule has 2 aromatic carbocycles. The molecule has 2 aliphatic heterocycles. The Bertz CT molecular complexity index is 1520. The van der Waals surface area contributed by atoms with E-state index in [1.807, 2.05) is 6.92 Å². The smallest absolute Gasteiger partial charge is 0.410 e. The first-order chi connectivity index (χ1) is 19.7. The van der Waals surface area contributed by atoms with E-state index in [2.05, 4.69) is 10.3 Å². The van der Waals surface area contributed by atoms with Crippen molar-refractivity contribution < 1.29 is 32.6 Å². The maximum Gasteiger partial charge on any atom is 0.410 e. The summed E-state index contributed by atoms with van der Waals surface area (Å²) >= 11 is 5.86. The normalized spacial score (nSPS) is 21.1. The Balaban J connectivity index is 1.51. The zero-order valence-electron chi connectivity index (χ0n) is 22.5. The second-order valence-corrected chi connectivity index (χ2v) is 10.6. The summed E-state index contributed by atoms with van der Waals surface area (Å²) in [6.45, 7) is 1.98. The fourth-order valence-corrected chi connectivity index (χ4v) is 5.49. The van der Waals surface area contributed by atoms with Gasteiger partial charge in [-0.3, -0.25) is 14.7 Å². The topological polar surface area (TPSA) is 97.8 Å². The molecule has 0 saturated carbocycles. The van der Waals surface area contributed by atoms with E-state index in [1.165, 1.54) is 12.0 Å². The van der Waals surface area contributed by atoms with Gasteiger partial charge >= 0.3 is 12.1 Å². The number of carbonyl (C=O) groups excluding carboxylic acids is 3. The number of rotatable bonds is 3. The van der Waals surface area contributed by atoms with E-state index in [-0.39, 0.29) is 35.4 Å². The lowest BCUT2D eigenvalue weighted by Gasteiger charge is -2.37. The first kappa shape index (κ1) is 28.5. The van der Waals surface area contributed by atoms with Gasteiger partial charge in [-0.1, -0.05) is 24.9 Å². The Kier molecular flexibility index (Phi) is 8.21. The number of nitrogens with zero attached hydrogens (tertiary/aromatic N) is 2. The summed E-state index contributed by atoms with van der Waals surface area (Å²) in [5.74, 6) is -2.81. The van der Waals surface area contributed by atoms with E-state index < -0.39 is 35.8 Å². The number of halogens is 3. The highest BCUT2D eigenvalue weighted by Crippen LogP contribution is 2.39. The molecular weight excluding hydrogens is 556 g/mol. The maximum atomic E-state index is 14.7. The SMILES string of the molecule is COC(=O)c1ccc2c(c1)-c1ccnc(c1)[C@@H](N1CCC(c3c(F)ccc(Cl)c3F)OC1=O)CCC[C@@H](C)C(=O)N2. The summed E-state index contributed by atoms with van der Waals surface area (Å²) < 4.78 is 39.6. The van der Waals surface area contributed by atoms with Crippen LogP contribution in [0.2, 0.25) is 5.02 Å². The zero-order chi connectivity index (χ0) is 29.3. The molecule has 3 heterocycles. The first-order valence-corrected chi connectivity index (χ1v) is 13.7. The van der Waals surface area contributed by atoms with Crippen LogP contribution in [0.3, 0.4) is 0 Å². The molecule has 3 atom stereocenters. The minimum atomic E-state index is -1.13. The third-order valence-corrected chi connectivity index (χ3v) is 7.87. The van der Waals surface area contributed by atoms with Gasteiger partial charge in [0.25, 0.3) is 0 Å². The molecule has 1 N–H and O–H groups in total. The molecule has 1 aromatic heterocycles. The molecular formula is C30H28ClF2N3O5. The number of ether oxygens (including phenoxy) is 2. The standard InChI is InChI=1S/C30H28ClF2N3O5/c1-16-4-3-5-24(36-13-11-25(41-30(36)39)26-21(32)8-7-20(31)27(26)33)23-15-17(10-12-34-23)19-14-18(29(38)40-2)6-9-22(19)35-28(16)37/h6-10,12,14-16,24-25H,3-5,11,13H2,1-2H3,(H,35,37)/t16-,24+,25?/m1/s1. The maximum absolute atomic E-state index is 14.7. The van der Waals surface area contributed by atoms with Crippen LogP contribution in [0.4, 0.5) is 19.3 Å². The van der Waals surface area contributed by atoms with Gasteiger partial charge in [-0.15, -0.1) is 0 Å². The number of amides is 2. The molecule has 0 aliphatic carbocycles. The van der Waals surface area contributed by atoms with E-state index in [4.69, 9.17) is 21.1 Å². The second-order valence-electron chi connectivity index (χ2n) is 10.2. The zero-order valence-corrected chi connectivity index (χ0v) is 23.2. The molecule has 5 rings (SSSR count). The van der Waals surface area contributed by atoms with E-state index in [0.717, 1.165) is 12.1 Å². The van der Waals surface area contributed by atoms with Gasteiger partial charge in [0, 0.05) is 36.3 Å². The summed E-state index contributed by atoms with van der Waals surface area (Å²) in [5.41, 5.74) is 2.29. The lowest BCUT2D eigenvalue weighted by Crippen LogP contribution is -2.42. The molecule has 1 saturated heterocycles. The molecule has 41 heavy (non-hydrogen) atoms. The quantitative estimate of drug-likeness (QED) is 0.267. The van der Waals surface area contributed by atoms with Gasteiger partial charge in [0.1, 0.15) is 11.9 Å². The molecule has 214 valence electrons. The largest absolute Gasteiger partial charge is 0.465 e. The number of hydrogen-bond acceptors (Lipinski definition) is 6. The van der Waals surface area contributed by atoms with Gasteiger partial charge in [-0.25, -0.2) is 18.4 Å². The molecule has 11 heteroatoms. The summed E-state index contributed by atoms with van der Waals surface area (Å²) in [6.07, 6.45) is 1.49. The van der Waals surface area contributed by atoms with E-state index in [1.54, 1.807) is 36.5 Å². The van der Waals surface area contributed by atoms with Crippen LogP contribution in [0, 0.1) is 17.6 Å². The number of nitrogens with one attached hydrogen (secondary N) is 1. The van der Waals surface area contributed by atoms with E-state index >= 15 is 0 Å². The lowest BCUT2D eigenvalue weighted by atomic mass is 9.93. The summed E-state index contributed by atoms with van der Waals surface area (Å²) in [6, 6.07) is 10.1. The van der Waals surface area contributed by atoms with Crippen molar-refractivity contribution in [3.05, 3.63) is 82.1 Å². The number of anilines is 1. The molecule has 1 fully saturated rings. The van der Waals surface area contributed by atoms with Crippen LogP contribution in [0.1, 0.15) is 66.4 Å². The number of hydrogen-bond donors (Lipinski definition) is 1. The molecule has 8 nitrogen and oxygen atoms in total. The van der Waals surface area contributed by atoms with E-state index in [0.29, 0.717) is 47.3 Å². The average molecular weight is 584 g/mol. The summed E-state index contributed by atoms with van der Waals surface area (Å²) in [5, 5.41) is 2.71. The molecule has 2 aliphatic rings. The van der Waals surface area contributed by atoms with Gasteiger partial charge in [0.15, 0.2) is 5.82 Å². The van der Waals surface area contributed by atoms with Gasteiger partial charge in [0.2, 0.25) is 5.91 Å². The van der Waals surface area contributed by atoms with Crippen molar-refractivity contribution in [2.75, 3.05) is 19.0 Å². The van der Waals surface area contributed by atoms with Crippen molar-refractivity contribution in [2.24, 2.45) is 5.92 Å². The predicted octanol–water partition coefficient (Wildman–Crippen LogP) is 6.85. The van der Waals surface area contributed by atoms with Crippen LogP contribution in [-0.4, -0.2) is 41.5 Å². The van der Waals surface area contributed by atoms with Crippen LogP contribution in [0.5, 0.6) is 0 Å². The van der Waals surface area contributed by atoms with Crippen LogP contribution < -0.4 is 5.32 Å². The number of pyridine rings is 1. The minimum Gasteiger partial charge on any atom is -0.465 e. The Morgan fingerprint density at radius 1 is 1.12 bits per heavy atom. The number of esters is 1. The van der Waals surface area contributed by atoms with Crippen molar-refractivity contribution in [1.29, 1.82) is 0 Å². The van der Waals surface area contributed by atoms with E-state index in [9.17, 15) is 23.2 Å². The number of aromatic nitrogens is 1. The lowest BCUT2D eigenvalue weighted by molar-refractivity contribution is -0.119. The number of fused-ring (bicyclic) bond motifs is 4. The van der Waals surface area contributed by atoms with Gasteiger partial charge in [-0.2, -0.15) is 0 Å². The fraction of sp³-hybridized carbons (Fsp3) is 0.333. The average Bonchev–Trinajstić information content (AvgIpc) is 2.97. The van der Waals surface area contributed by atoms with Crippen LogP contribution in [0.15, 0.2) is 48.7 Å². The highest BCUT2D eigenvalue weighted by molar-refractivity contribution is 6.30. The fourth-order valence-electron chi connectivity index (χ4n) is 5.32. The molecule has 2 bridgehead atoms. The van der Waals surface area contributed by atoms with Crippen molar-refractivity contribution in [1.82, 2.24) is 9.88 Å². The number of benzene rings is 2. The number of methoxy groups -OCH3 is 1. The summed E-state index contributed by atoms with van der Waals surface area (Å²) in [4.78, 5) is 44.6. The third-order valence-electron chi connectivity index (χ3n) is 7.58. The Hall–Kier alpha value is -4.05. The predicted molar refractivity (Wildman–Crippen MR) is 147 cm³/mol. The molecule has 0 radical (unpaired) electrons. The van der Waals surface area contributed by atoms with Gasteiger partial charge in [0.05, 0.1) is 35.0 Å². The third kappa shape index (κ3) is 5.74. The first-order valence-electron chi connectivity index (χ1n) is 13.3. The second kappa shape index (κ2) is 11.8. The molecule has 2 amide bonds. The highest BCUT2D eigenvalue weighted by Gasteiger charge is 2.37. The number of cyclic esters (lactones) is 1. The Morgan fingerprint density at radius 2 is 1.93 bits per heavy atom. The molecule has 0 spiro atoms. The number of carbonyl (C=O) groups is 3. The van der Waals surface area contributed by atoms with Crippen LogP contribution in [0.25, 0.3) is 11.1 Å². The van der Waals surface area contributed by atoms with Gasteiger partial charge < -0.3 is 14.8 Å². The summed E-state index contributed by atoms with van der Waals surface area (Å²) in [7, 11) is 1.29.